The molecule has 0 amide bonds. The predicted molar refractivity (Wildman–Crippen MR) is 35.6 cm³/mol. The highest BCUT2D eigenvalue weighted by Crippen LogP contribution is 1.83. The third-order valence-corrected chi connectivity index (χ3v) is 0.786. The lowest BCUT2D eigenvalue weighted by molar-refractivity contribution is -0.134. The van der Waals surface area contributed by atoms with Gasteiger partial charge in [-0.3, -0.25) is 0 Å². The van der Waals surface area contributed by atoms with Crippen LogP contribution in [0.15, 0.2) is 0 Å². The molecule has 0 atom stereocenters. The van der Waals surface area contributed by atoms with Gasteiger partial charge in [-0.2, -0.15) is 0 Å². The highest BCUT2D eigenvalue weighted by molar-refractivity contribution is 7.25. The van der Waals surface area contributed by atoms with Gasteiger partial charge in [0.2, 0.25) is 0 Å². The van der Waals surface area contributed by atoms with Crippen LogP contribution in [0.25, 0.3) is 0 Å². The maximum absolute atomic E-state index is 10.4. The molecule has 0 spiro atoms. The van der Waals surface area contributed by atoms with Crippen LogP contribution < -0.4 is 0 Å². The second-order valence-corrected chi connectivity index (χ2v) is 2.10. The molecule has 0 rings (SSSR count). The van der Waals surface area contributed by atoms with Gasteiger partial charge in [-0.15, -0.1) is 8.86 Å². The van der Waals surface area contributed by atoms with E-state index in [4.69, 9.17) is 0 Å². The second kappa shape index (κ2) is 3.62. The molecule has 0 aromatic heterocycles. The molecule has 0 radical (unpaired) electrons. The van der Waals surface area contributed by atoms with E-state index >= 15 is 0 Å². The van der Waals surface area contributed by atoms with Crippen molar-refractivity contribution < 1.29 is 9.53 Å². The topological polar surface area (TPSA) is 26.3 Å². The van der Waals surface area contributed by atoms with E-state index < -0.39 is 0 Å². The van der Waals surface area contributed by atoms with Crippen molar-refractivity contribution in [1.29, 1.82) is 0 Å². The Morgan fingerprint density at radius 2 is 2.25 bits per heavy atom. The minimum Gasteiger partial charge on any atom is -0.462 e. The van der Waals surface area contributed by atoms with Crippen LogP contribution >= 0.6 is 8.86 Å². The second-order valence-electron chi connectivity index (χ2n) is 1.35. The summed E-state index contributed by atoms with van der Waals surface area (Å²) in [6.07, 6.45) is 0. The lowest BCUT2D eigenvalue weighted by atomic mass is 10.5. The summed E-state index contributed by atoms with van der Waals surface area (Å²) < 4.78 is 4.58. The van der Waals surface area contributed by atoms with E-state index in [1.807, 2.05) is 0 Å². The molecule has 2 nitrogen and oxygen atoms in total. The smallest absolute Gasteiger partial charge is 0.337 e. The van der Waals surface area contributed by atoms with Gasteiger partial charge in [0, 0.05) is 0 Å². The van der Waals surface area contributed by atoms with Gasteiger partial charge < -0.3 is 4.74 Å². The lowest BCUT2D eigenvalue weighted by Crippen LogP contribution is -2.10. The van der Waals surface area contributed by atoms with Crippen LogP contribution in [-0.4, -0.2) is 17.9 Å². The molecule has 0 saturated heterocycles. The Hall–Kier alpha value is -0.360. The third kappa shape index (κ3) is 2.75. The van der Waals surface area contributed by atoms with Gasteiger partial charge in [0.1, 0.15) is 0 Å². The maximum atomic E-state index is 10.4. The largest absolute Gasteiger partial charge is 0.462 e. The molecule has 3 heteroatoms. The lowest BCUT2D eigenvalue weighted by Gasteiger charge is -1.96. The summed E-state index contributed by atoms with van der Waals surface area (Å²) in [5, 5.41) is 0.506. The predicted octanol–water partition coefficient (Wildman–Crippen LogP) is 0.885. The molecule has 0 N–H and O–H groups in total. The van der Waals surface area contributed by atoms with Crippen molar-refractivity contribution in [2.75, 3.05) is 6.61 Å². The Balaban J connectivity index is 3.49. The van der Waals surface area contributed by atoms with Gasteiger partial charge in [0.15, 0.2) is 0 Å². The summed E-state index contributed by atoms with van der Waals surface area (Å²) in [4.78, 5) is 10.4. The van der Waals surface area contributed by atoms with Gasteiger partial charge in [0.05, 0.1) is 11.9 Å². The minimum absolute atomic E-state index is 0.288. The zero-order valence-electron chi connectivity index (χ0n) is 5.02. The van der Waals surface area contributed by atoms with Crippen LogP contribution in [0, 0.1) is 0 Å². The average molecular weight is 132 g/mol. The van der Waals surface area contributed by atoms with Crippen molar-refractivity contribution in [3.05, 3.63) is 0 Å². The van der Waals surface area contributed by atoms with Gasteiger partial charge in [-0.05, 0) is 13.8 Å². The van der Waals surface area contributed by atoms with E-state index in [0.29, 0.717) is 11.9 Å². The van der Waals surface area contributed by atoms with Gasteiger partial charge >= 0.3 is 5.97 Å². The highest BCUT2D eigenvalue weighted by atomic mass is 31.0. The summed E-state index contributed by atoms with van der Waals surface area (Å²) >= 11 is 0. The minimum atomic E-state index is -0.288. The first-order valence-corrected chi connectivity index (χ1v) is 2.90. The molecule has 0 saturated carbocycles. The zero-order valence-corrected chi connectivity index (χ0v) is 6.02. The Kier molecular flexibility index (Phi) is 3.46. The van der Waals surface area contributed by atoms with Crippen molar-refractivity contribution in [1.82, 2.24) is 0 Å². The molecule has 0 aliphatic rings. The summed E-state index contributed by atoms with van der Waals surface area (Å²) in [6.45, 7) is 3.85. The van der Waals surface area contributed by atoms with Gasteiger partial charge in [-0.25, -0.2) is 4.79 Å². The van der Waals surface area contributed by atoms with Crippen LogP contribution in [0.1, 0.15) is 13.8 Å². The molecule has 0 aliphatic heterocycles. The van der Waals surface area contributed by atoms with Crippen molar-refractivity contribution >= 4 is 20.1 Å². The van der Waals surface area contributed by atoms with E-state index in [0.717, 1.165) is 0 Å². The number of ether oxygens (including phenoxy) is 1. The average Bonchev–Trinajstić information content (AvgIpc) is 1.67. The number of hydrogen-bond donors (Lipinski definition) is 0. The van der Waals surface area contributed by atoms with E-state index in [2.05, 4.69) is 13.6 Å². The van der Waals surface area contributed by atoms with Crippen molar-refractivity contribution in [2.24, 2.45) is 0 Å². The number of esters is 1. The van der Waals surface area contributed by atoms with Crippen LogP contribution in [0.5, 0.6) is 0 Å². The summed E-state index contributed by atoms with van der Waals surface area (Å²) in [5.74, 6) is -0.288. The molecule has 0 aliphatic carbocycles. The van der Waals surface area contributed by atoms with Crippen LogP contribution in [0.2, 0.25) is 0 Å². The molecule has 0 unspecified atom stereocenters. The Bertz CT molecular complexity index is 109. The zero-order chi connectivity index (χ0) is 6.57. The first-order chi connectivity index (χ1) is 3.68. The number of hydrogen-bond acceptors (Lipinski definition) is 2. The summed E-state index contributed by atoms with van der Waals surface area (Å²) in [7, 11) is 3.03. The third-order valence-electron chi connectivity index (χ3n) is 0.582. The first-order valence-electron chi connectivity index (χ1n) is 2.40. The fourth-order valence-electron chi connectivity index (χ4n) is 0.239. The normalized spacial score (nSPS) is 8.25. The van der Waals surface area contributed by atoms with Crippen LogP contribution in [0.3, 0.4) is 0 Å². The van der Waals surface area contributed by atoms with Crippen molar-refractivity contribution in [3.8, 4) is 0 Å². The summed E-state index contributed by atoms with van der Waals surface area (Å²) in [5.41, 5.74) is 0. The molecule has 0 aromatic rings. The van der Waals surface area contributed by atoms with Crippen LogP contribution in [0.4, 0.5) is 0 Å². The molecular weight excluding hydrogens is 123 g/mol. The molecule has 0 bridgehead atoms. The van der Waals surface area contributed by atoms with E-state index in [1.54, 1.807) is 13.8 Å². The van der Waals surface area contributed by atoms with Crippen molar-refractivity contribution in [2.45, 2.75) is 13.8 Å². The Morgan fingerprint density at radius 3 is 2.38 bits per heavy atom. The van der Waals surface area contributed by atoms with Gasteiger partial charge in [0.25, 0.3) is 0 Å². The molecule has 46 valence electrons. The van der Waals surface area contributed by atoms with Crippen molar-refractivity contribution in [3.63, 3.8) is 0 Å². The van der Waals surface area contributed by atoms with E-state index in [-0.39, 0.29) is 5.97 Å². The maximum Gasteiger partial charge on any atom is 0.337 e. The molecule has 8 heavy (non-hydrogen) atoms. The molecule has 0 aromatic carbocycles. The number of carbonyl (C=O) groups excluding carboxylic acids is 1. The summed E-state index contributed by atoms with van der Waals surface area (Å²) in [6, 6.07) is 0. The molecule has 0 heterocycles. The quantitative estimate of drug-likeness (QED) is 0.412. The Labute approximate surface area is 51.1 Å². The standard InChI is InChI=1S/C5H9O2P/c1-3-7-5(6)4(2)8/h8H,3H2,1-2H3. The number of carbonyl (C=O) groups is 1. The highest BCUT2D eigenvalue weighted by Gasteiger charge is 1.98. The first kappa shape index (κ1) is 7.64. The van der Waals surface area contributed by atoms with Crippen LogP contribution in [-0.2, 0) is 9.53 Å². The fourth-order valence-corrected chi connectivity index (χ4v) is 0.312. The van der Waals surface area contributed by atoms with E-state index in [1.165, 1.54) is 0 Å². The Morgan fingerprint density at radius 1 is 1.75 bits per heavy atom. The number of rotatable bonds is 2. The fraction of sp³-hybridized carbons (Fsp3) is 0.600. The van der Waals surface area contributed by atoms with Gasteiger partial charge in [-0.1, -0.05) is 0 Å². The molecular formula is C5H9O2P. The SMILES string of the molecule is CCOC(=O)C(C)=P. The molecule has 0 fully saturated rings. The monoisotopic (exact) mass is 132 g/mol. The van der Waals surface area contributed by atoms with E-state index in [9.17, 15) is 4.79 Å².